The Labute approximate surface area is 98.7 Å². The third-order valence-electron chi connectivity index (χ3n) is 4.45. The molecule has 2 aliphatic carbocycles. The molecule has 4 atom stereocenters. The summed E-state index contributed by atoms with van der Waals surface area (Å²) in [4.78, 5) is 12.1. The van der Waals surface area contributed by atoms with E-state index in [1.807, 2.05) is 13.8 Å². The van der Waals surface area contributed by atoms with Gasteiger partial charge in [-0.25, -0.2) is 0 Å². The lowest BCUT2D eigenvalue weighted by Crippen LogP contribution is -2.27. The molecule has 0 aromatic carbocycles. The van der Waals surface area contributed by atoms with E-state index in [2.05, 4.69) is 0 Å². The Morgan fingerprint density at radius 3 is 2.62 bits per heavy atom. The summed E-state index contributed by atoms with van der Waals surface area (Å²) in [6.07, 6.45) is 6.95. The van der Waals surface area contributed by atoms with Crippen LogP contribution in [0.2, 0.25) is 0 Å². The van der Waals surface area contributed by atoms with E-state index >= 15 is 0 Å². The highest BCUT2D eigenvalue weighted by molar-refractivity contribution is 5.83. The van der Waals surface area contributed by atoms with Crippen molar-refractivity contribution < 1.29 is 9.53 Å². The summed E-state index contributed by atoms with van der Waals surface area (Å²) in [6, 6.07) is 0. The maximum atomic E-state index is 12.1. The second kappa shape index (κ2) is 5.31. The van der Waals surface area contributed by atoms with Crippen LogP contribution < -0.4 is 0 Å². The van der Waals surface area contributed by atoms with Crippen molar-refractivity contribution >= 4 is 5.78 Å². The van der Waals surface area contributed by atoms with Gasteiger partial charge in [0.25, 0.3) is 0 Å². The number of Topliss-reactive ketones (excluding diaryl/α,β-unsaturated/α-hetero) is 1. The maximum absolute atomic E-state index is 12.1. The molecule has 0 amide bonds. The molecule has 0 N–H and O–H groups in total. The van der Waals surface area contributed by atoms with Gasteiger partial charge in [0.1, 0.15) is 6.10 Å². The molecule has 2 heteroatoms. The zero-order chi connectivity index (χ0) is 11.5. The van der Waals surface area contributed by atoms with Crippen molar-refractivity contribution in [1.82, 2.24) is 0 Å². The Bertz CT molecular complexity index is 249. The fraction of sp³-hybridized carbons (Fsp3) is 0.929. The van der Waals surface area contributed by atoms with Gasteiger partial charge in [0, 0.05) is 13.0 Å². The molecule has 0 aromatic rings. The predicted molar refractivity (Wildman–Crippen MR) is 64.3 cm³/mol. The van der Waals surface area contributed by atoms with Gasteiger partial charge in [0.2, 0.25) is 0 Å². The SMILES string of the molecule is CCOC(CC)C(=O)CC1CC2CCC1C2. The van der Waals surface area contributed by atoms with E-state index in [-0.39, 0.29) is 6.10 Å². The number of hydrogen-bond acceptors (Lipinski definition) is 2. The minimum Gasteiger partial charge on any atom is -0.371 e. The Kier molecular flexibility index (Phi) is 4.01. The van der Waals surface area contributed by atoms with Gasteiger partial charge < -0.3 is 4.74 Å². The molecule has 2 bridgehead atoms. The van der Waals surface area contributed by atoms with Crippen LogP contribution in [-0.4, -0.2) is 18.5 Å². The summed E-state index contributed by atoms with van der Waals surface area (Å²) in [5.41, 5.74) is 0. The molecular formula is C14H24O2. The summed E-state index contributed by atoms with van der Waals surface area (Å²) < 4.78 is 5.49. The van der Waals surface area contributed by atoms with Crippen molar-refractivity contribution in [2.75, 3.05) is 6.61 Å². The quantitative estimate of drug-likeness (QED) is 0.692. The fourth-order valence-electron chi connectivity index (χ4n) is 3.66. The Hall–Kier alpha value is -0.370. The number of ketones is 1. The third kappa shape index (κ3) is 2.48. The smallest absolute Gasteiger partial charge is 0.161 e. The average molecular weight is 224 g/mol. The van der Waals surface area contributed by atoms with Gasteiger partial charge in [0.05, 0.1) is 0 Å². The number of hydrogen-bond donors (Lipinski definition) is 0. The van der Waals surface area contributed by atoms with E-state index in [4.69, 9.17) is 4.74 Å². The normalized spacial score (nSPS) is 34.2. The minimum atomic E-state index is -0.135. The largest absolute Gasteiger partial charge is 0.371 e. The average Bonchev–Trinajstić information content (AvgIpc) is 2.87. The first-order valence-corrected chi connectivity index (χ1v) is 6.88. The van der Waals surface area contributed by atoms with Crippen LogP contribution >= 0.6 is 0 Å². The van der Waals surface area contributed by atoms with Gasteiger partial charge in [-0.05, 0) is 50.4 Å². The molecular weight excluding hydrogens is 200 g/mol. The number of carbonyl (C=O) groups is 1. The summed E-state index contributed by atoms with van der Waals surface area (Å²) in [7, 11) is 0. The van der Waals surface area contributed by atoms with Crippen molar-refractivity contribution in [1.29, 1.82) is 0 Å². The van der Waals surface area contributed by atoms with Crippen LogP contribution in [0, 0.1) is 17.8 Å². The highest BCUT2D eigenvalue weighted by atomic mass is 16.5. The summed E-state index contributed by atoms with van der Waals surface area (Å²) in [5.74, 6) is 2.82. The van der Waals surface area contributed by atoms with E-state index in [1.54, 1.807) is 0 Å². The van der Waals surface area contributed by atoms with E-state index in [9.17, 15) is 4.79 Å². The lowest BCUT2D eigenvalue weighted by molar-refractivity contribution is -0.131. The first-order valence-electron chi connectivity index (χ1n) is 6.88. The van der Waals surface area contributed by atoms with E-state index in [0.717, 1.165) is 24.7 Å². The second-order valence-electron chi connectivity index (χ2n) is 5.46. The topological polar surface area (TPSA) is 26.3 Å². The van der Waals surface area contributed by atoms with Gasteiger partial charge in [-0.2, -0.15) is 0 Å². The minimum absolute atomic E-state index is 0.135. The molecule has 2 saturated carbocycles. The molecule has 0 saturated heterocycles. The molecule has 92 valence electrons. The highest BCUT2D eigenvalue weighted by Crippen LogP contribution is 2.49. The van der Waals surface area contributed by atoms with Crippen LogP contribution in [0.15, 0.2) is 0 Å². The molecule has 2 nitrogen and oxygen atoms in total. The van der Waals surface area contributed by atoms with Crippen molar-refractivity contribution in [2.45, 2.75) is 58.5 Å². The van der Waals surface area contributed by atoms with Gasteiger partial charge in [-0.15, -0.1) is 0 Å². The Morgan fingerprint density at radius 2 is 2.12 bits per heavy atom. The van der Waals surface area contributed by atoms with E-state index in [1.165, 1.54) is 25.7 Å². The summed E-state index contributed by atoms with van der Waals surface area (Å²) >= 11 is 0. The van der Waals surface area contributed by atoms with Crippen LogP contribution in [0.5, 0.6) is 0 Å². The molecule has 0 aliphatic heterocycles. The molecule has 2 fully saturated rings. The first kappa shape index (κ1) is 12.1. The van der Waals surface area contributed by atoms with E-state index < -0.39 is 0 Å². The van der Waals surface area contributed by atoms with Crippen molar-refractivity contribution in [3.05, 3.63) is 0 Å². The summed E-state index contributed by atoms with van der Waals surface area (Å²) in [5, 5.41) is 0. The van der Waals surface area contributed by atoms with Crippen LogP contribution in [0.3, 0.4) is 0 Å². The molecule has 0 spiro atoms. The zero-order valence-corrected chi connectivity index (χ0v) is 10.6. The molecule has 2 aliphatic rings. The van der Waals surface area contributed by atoms with Crippen LogP contribution in [0.4, 0.5) is 0 Å². The highest BCUT2D eigenvalue weighted by Gasteiger charge is 2.40. The van der Waals surface area contributed by atoms with Crippen molar-refractivity contribution in [2.24, 2.45) is 17.8 Å². The number of carbonyl (C=O) groups excluding carboxylic acids is 1. The van der Waals surface area contributed by atoms with E-state index in [0.29, 0.717) is 18.3 Å². The standard InChI is InChI=1S/C14H24O2/c1-3-14(16-4-2)13(15)9-12-8-10-5-6-11(12)7-10/h10-12,14H,3-9H2,1-2H3. The van der Waals surface area contributed by atoms with Gasteiger partial charge >= 0.3 is 0 Å². The predicted octanol–water partition coefficient (Wildman–Crippen LogP) is 3.20. The molecule has 16 heavy (non-hydrogen) atoms. The van der Waals surface area contributed by atoms with Crippen molar-refractivity contribution in [3.8, 4) is 0 Å². The number of ether oxygens (including phenoxy) is 1. The van der Waals surface area contributed by atoms with Crippen LogP contribution in [-0.2, 0) is 9.53 Å². The zero-order valence-electron chi connectivity index (χ0n) is 10.6. The van der Waals surface area contributed by atoms with Gasteiger partial charge in [-0.3, -0.25) is 4.79 Å². The lowest BCUT2D eigenvalue weighted by Gasteiger charge is -2.23. The molecule has 0 heterocycles. The van der Waals surface area contributed by atoms with Gasteiger partial charge in [0.15, 0.2) is 5.78 Å². The molecule has 0 radical (unpaired) electrons. The van der Waals surface area contributed by atoms with Crippen molar-refractivity contribution in [3.63, 3.8) is 0 Å². The second-order valence-corrected chi connectivity index (χ2v) is 5.46. The monoisotopic (exact) mass is 224 g/mol. The Morgan fingerprint density at radius 1 is 1.31 bits per heavy atom. The number of fused-ring (bicyclic) bond motifs is 2. The fourth-order valence-corrected chi connectivity index (χ4v) is 3.66. The summed E-state index contributed by atoms with van der Waals surface area (Å²) in [6.45, 7) is 4.66. The lowest BCUT2D eigenvalue weighted by atomic mass is 9.84. The maximum Gasteiger partial charge on any atom is 0.161 e. The third-order valence-corrected chi connectivity index (χ3v) is 4.45. The molecule has 0 aromatic heterocycles. The van der Waals surface area contributed by atoms with Crippen LogP contribution in [0.1, 0.15) is 52.4 Å². The Balaban J connectivity index is 1.82. The first-order chi connectivity index (χ1) is 7.74. The number of rotatable bonds is 6. The molecule has 2 rings (SSSR count). The van der Waals surface area contributed by atoms with Gasteiger partial charge in [-0.1, -0.05) is 13.3 Å². The van der Waals surface area contributed by atoms with Crippen LogP contribution in [0.25, 0.3) is 0 Å². The molecule has 4 unspecified atom stereocenters.